The lowest BCUT2D eigenvalue weighted by molar-refractivity contribution is -0.117. The summed E-state index contributed by atoms with van der Waals surface area (Å²) in [5.74, 6) is 0.751. The fourth-order valence-electron chi connectivity index (χ4n) is 3.03. The molecule has 1 fully saturated rings. The Morgan fingerprint density at radius 1 is 1.27 bits per heavy atom. The molecule has 136 valence electrons. The summed E-state index contributed by atoms with van der Waals surface area (Å²) in [6, 6.07) is 14.3. The number of ether oxygens (including phenoxy) is 1. The van der Waals surface area contributed by atoms with E-state index in [4.69, 9.17) is 16.3 Å². The number of rotatable bonds is 6. The van der Waals surface area contributed by atoms with Gasteiger partial charge in [0.25, 0.3) is 5.91 Å². The Morgan fingerprint density at radius 3 is 2.73 bits per heavy atom. The number of amides is 2. The molecule has 26 heavy (non-hydrogen) atoms. The van der Waals surface area contributed by atoms with Crippen molar-refractivity contribution >= 4 is 29.1 Å². The quantitative estimate of drug-likeness (QED) is 0.844. The van der Waals surface area contributed by atoms with Crippen LogP contribution in [-0.4, -0.2) is 31.5 Å². The minimum atomic E-state index is -0.181. The number of carbonyl (C=O) groups is 2. The van der Waals surface area contributed by atoms with E-state index in [1.165, 1.54) is 0 Å². The molecular formula is C20H21ClN2O3. The van der Waals surface area contributed by atoms with Gasteiger partial charge in [-0.2, -0.15) is 0 Å². The topological polar surface area (TPSA) is 58.6 Å². The van der Waals surface area contributed by atoms with E-state index in [9.17, 15) is 9.59 Å². The van der Waals surface area contributed by atoms with Crippen LogP contribution < -0.4 is 15.0 Å². The highest BCUT2D eigenvalue weighted by Crippen LogP contribution is 2.26. The second kappa shape index (κ2) is 8.23. The van der Waals surface area contributed by atoms with Crippen LogP contribution >= 0.6 is 11.6 Å². The van der Waals surface area contributed by atoms with Crippen LogP contribution in [0, 0.1) is 5.92 Å². The third kappa shape index (κ3) is 4.35. The van der Waals surface area contributed by atoms with Gasteiger partial charge in [-0.25, -0.2) is 0 Å². The summed E-state index contributed by atoms with van der Waals surface area (Å²) in [5, 5.41) is 3.41. The van der Waals surface area contributed by atoms with Gasteiger partial charge in [-0.05, 0) is 49.4 Å². The molecule has 3 rings (SSSR count). The first-order valence-corrected chi connectivity index (χ1v) is 9.01. The van der Waals surface area contributed by atoms with Crippen LogP contribution in [0.5, 0.6) is 5.75 Å². The Morgan fingerprint density at radius 2 is 2.04 bits per heavy atom. The second-order valence-electron chi connectivity index (χ2n) is 6.22. The number of hydrogen-bond acceptors (Lipinski definition) is 3. The largest absolute Gasteiger partial charge is 0.494 e. The molecule has 1 aliphatic heterocycles. The summed E-state index contributed by atoms with van der Waals surface area (Å²) < 4.78 is 5.43. The van der Waals surface area contributed by atoms with Gasteiger partial charge in [-0.15, -0.1) is 0 Å². The fraction of sp³-hybridized carbons (Fsp3) is 0.300. The molecule has 2 aromatic carbocycles. The van der Waals surface area contributed by atoms with Gasteiger partial charge in [-0.3, -0.25) is 9.59 Å². The van der Waals surface area contributed by atoms with Crippen LogP contribution in [-0.2, 0) is 4.79 Å². The van der Waals surface area contributed by atoms with Crippen molar-refractivity contribution in [2.24, 2.45) is 5.92 Å². The lowest BCUT2D eigenvalue weighted by Crippen LogP contribution is -2.31. The van der Waals surface area contributed by atoms with Gasteiger partial charge < -0.3 is 15.0 Å². The zero-order chi connectivity index (χ0) is 18.5. The standard InChI is InChI=1S/C20H21ClN2O3/c1-2-26-18-8-6-17(7-9-18)23-13-14(10-19(23)24)12-22-20(25)15-4-3-5-16(21)11-15/h3-9,11,14H,2,10,12-13H2,1H3,(H,22,25). The molecule has 0 aromatic heterocycles. The average molecular weight is 373 g/mol. The van der Waals surface area contributed by atoms with Gasteiger partial charge in [0.05, 0.1) is 6.61 Å². The maximum absolute atomic E-state index is 12.3. The van der Waals surface area contributed by atoms with Crippen molar-refractivity contribution in [2.75, 3.05) is 24.6 Å². The Labute approximate surface area is 157 Å². The molecular weight excluding hydrogens is 352 g/mol. The predicted octanol–water partition coefficient (Wildman–Crippen LogP) is 3.52. The Balaban J connectivity index is 1.56. The Bertz CT molecular complexity index is 792. The normalized spacial score (nSPS) is 16.6. The lowest BCUT2D eigenvalue weighted by Gasteiger charge is -2.17. The van der Waals surface area contributed by atoms with Gasteiger partial charge in [0.2, 0.25) is 5.91 Å². The third-order valence-electron chi connectivity index (χ3n) is 4.30. The molecule has 0 saturated carbocycles. The maximum Gasteiger partial charge on any atom is 0.251 e. The van der Waals surface area contributed by atoms with E-state index in [-0.39, 0.29) is 17.7 Å². The molecule has 5 nitrogen and oxygen atoms in total. The van der Waals surface area contributed by atoms with E-state index in [1.54, 1.807) is 29.2 Å². The van der Waals surface area contributed by atoms with E-state index >= 15 is 0 Å². The first-order valence-electron chi connectivity index (χ1n) is 8.64. The Kier molecular flexibility index (Phi) is 5.78. The monoisotopic (exact) mass is 372 g/mol. The number of anilines is 1. The summed E-state index contributed by atoms with van der Waals surface area (Å²) >= 11 is 5.91. The molecule has 0 aliphatic carbocycles. The molecule has 1 N–H and O–H groups in total. The van der Waals surface area contributed by atoms with Crippen LogP contribution in [0.25, 0.3) is 0 Å². The highest BCUT2D eigenvalue weighted by molar-refractivity contribution is 6.30. The fourth-order valence-corrected chi connectivity index (χ4v) is 3.22. The predicted molar refractivity (Wildman–Crippen MR) is 102 cm³/mol. The van der Waals surface area contributed by atoms with Crippen LogP contribution in [0.15, 0.2) is 48.5 Å². The zero-order valence-electron chi connectivity index (χ0n) is 14.6. The summed E-state index contributed by atoms with van der Waals surface area (Å²) in [5.41, 5.74) is 1.37. The molecule has 2 aromatic rings. The van der Waals surface area contributed by atoms with E-state index < -0.39 is 0 Å². The van der Waals surface area contributed by atoms with Crippen molar-refractivity contribution in [3.05, 3.63) is 59.1 Å². The summed E-state index contributed by atoms with van der Waals surface area (Å²) in [6.07, 6.45) is 0.420. The van der Waals surface area contributed by atoms with Crippen molar-refractivity contribution in [3.63, 3.8) is 0 Å². The van der Waals surface area contributed by atoms with Crippen LogP contribution in [0.3, 0.4) is 0 Å². The average Bonchev–Trinajstić information content (AvgIpc) is 3.01. The van der Waals surface area contributed by atoms with E-state index in [1.807, 2.05) is 31.2 Å². The number of carbonyl (C=O) groups excluding carboxylic acids is 2. The molecule has 1 heterocycles. The van der Waals surface area contributed by atoms with Crippen molar-refractivity contribution in [3.8, 4) is 5.75 Å². The molecule has 1 unspecified atom stereocenters. The molecule has 0 radical (unpaired) electrons. The zero-order valence-corrected chi connectivity index (χ0v) is 15.3. The molecule has 1 atom stereocenters. The smallest absolute Gasteiger partial charge is 0.251 e. The van der Waals surface area contributed by atoms with Crippen molar-refractivity contribution in [1.82, 2.24) is 5.32 Å². The number of nitrogens with one attached hydrogen (secondary N) is 1. The van der Waals surface area contributed by atoms with Gasteiger partial charge in [0, 0.05) is 41.7 Å². The molecule has 2 amide bonds. The number of benzene rings is 2. The molecule has 1 saturated heterocycles. The van der Waals surface area contributed by atoms with Gasteiger partial charge in [0.1, 0.15) is 5.75 Å². The lowest BCUT2D eigenvalue weighted by atomic mass is 10.1. The first-order chi connectivity index (χ1) is 12.6. The molecule has 1 aliphatic rings. The maximum atomic E-state index is 12.3. The van der Waals surface area contributed by atoms with Crippen LogP contribution in [0.4, 0.5) is 5.69 Å². The van der Waals surface area contributed by atoms with Gasteiger partial charge in [0.15, 0.2) is 0 Å². The van der Waals surface area contributed by atoms with Crippen molar-refractivity contribution in [2.45, 2.75) is 13.3 Å². The van der Waals surface area contributed by atoms with Gasteiger partial charge >= 0.3 is 0 Å². The minimum Gasteiger partial charge on any atom is -0.494 e. The van der Waals surface area contributed by atoms with Crippen molar-refractivity contribution < 1.29 is 14.3 Å². The van der Waals surface area contributed by atoms with E-state index in [2.05, 4.69) is 5.32 Å². The van der Waals surface area contributed by atoms with Crippen LogP contribution in [0.2, 0.25) is 5.02 Å². The first kappa shape index (κ1) is 18.3. The third-order valence-corrected chi connectivity index (χ3v) is 4.54. The SMILES string of the molecule is CCOc1ccc(N2CC(CNC(=O)c3cccc(Cl)c3)CC2=O)cc1. The summed E-state index contributed by atoms with van der Waals surface area (Å²) in [6.45, 7) is 3.57. The minimum absolute atomic E-state index is 0.0659. The van der Waals surface area contributed by atoms with Gasteiger partial charge in [-0.1, -0.05) is 17.7 Å². The highest BCUT2D eigenvalue weighted by atomic mass is 35.5. The molecule has 0 spiro atoms. The Hall–Kier alpha value is -2.53. The second-order valence-corrected chi connectivity index (χ2v) is 6.66. The van der Waals surface area contributed by atoms with E-state index in [0.29, 0.717) is 36.7 Å². The summed E-state index contributed by atoms with van der Waals surface area (Å²) in [4.78, 5) is 26.3. The highest BCUT2D eigenvalue weighted by Gasteiger charge is 2.30. The number of hydrogen-bond donors (Lipinski definition) is 1. The summed E-state index contributed by atoms with van der Waals surface area (Å²) in [7, 11) is 0. The number of nitrogens with zero attached hydrogens (tertiary/aromatic N) is 1. The molecule has 0 bridgehead atoms. The number of halogens is 1. The van der Waals surface area contributed by atoms with Crippen molar-refractivity contribution in [1.29, 1.82) is 0 Å². The van der Waals surface area contributed by atoms with E-state index in [0.717, 1.165) is 11.4 Å². The van der Waals surface area contributed by atoms with Crippen LogP contribution in [0.1, 0.15) is 23.7 Å². The molecule has 6 heteroatoms.